The van der Waals surface area contributed by atoms with Crippen LogP contribution in [0.2, 0.25) is 0 Å². The molecule has 0 saturated carbocycles. The monoisotopic (exact) mass is 936 g/mol. The maximum Gasteiger partial charge on any atom is 0.220 e. The molecule has 1 amide bonds. The Bertz CT molecular complexity index is 1090. The van der Waals surface area contributed by atoms with E-state index in [9.17, 15) is 30.3 Å². The van der Waals surface area contributed by atoms with Gasteiger partial charge in [0.05, 0.1) is 25.4 Å². The molecule has 1 aliphatic heterocycles. The summed E-state index contributed by atoms with van der Waals surface area (Å²) in [6.07, 6.45) is 52.4. The van der Waals surface area contributed by atoms with E-state index in [4.69, 9.17) is 9.47 Å². The first-order valence-corrected chi connectivity index (χ1v) is 28.6. The van der Waals surface area contributed by atoms with Crippen LogP contribution in [0.4, 0.5) is 0 Å². The number of rotatable bonds is 49. The summed E-state index contributed by atoms with van der Waals surface area (Å²) in [5.41, 5.74) is 0. The molecule has 1 heterocycles. The molecule has 9 heteroatoms. The van der Waals surface area contributed by atoms with Gasteiger partial charge in [0.1, 0.15) is 24.4 Å². The van der Waals surface area contributed by atoms with E-state index in [1.54, 1.807) is 6.08 Å². The molecule has 0 bridgehead atoms. The largest absolute Gasteiger partial charge is 0.394 e. The highest BCUT2D eigenvalue weighted by molar-refractivity contribution is 5.76. The number of carbonyl (C=O) groups is 1. The third kappa shape index (κ3) is 36.6. The number of carbonyl (C=O) groups excluding carboxylic acids is 1. The predicted molar refractivity (Wildman–Crippen MR) is 277 cm³/mol. The lowest BCUT2D eigenvalue weighted by Gasteiger charge is -2.40. The van der Waals surface area contributed by atoms with Crippen molar-refractivity contribution in [2.75, 3.05) is 13.2 Å². The van der Waals surface area contributed by atoms with Crippen molar-refractivity contribution in [3.63, 3.8) is 0 Å². The number of nitrogens with one attached hydrogen (secondary N) is 1. The molecule has 9 nitrogen and oxygen atoms in total. The second-order valence-electron chi connectivity index (χ2n) is 20.1. The molecule has 0 aromatic carbocycles. The third-order valence-electron chi connectivity index (χ3n) is 13.8. The van der Waals surface area contributed by atoms with Crippen molar-refractivity contribution in [1.82, 2.24) is 5.32 Å². The minimum atomic E-state index is -1.57. The summed E-state index contributed by atoms with van der Waals surface area (Å²) >= 11 is 0. The van der Waals surface area contributed by atoms with E-state index in [0.717, 1.165) is 38.5 Å². The zero-order chi connectivity index (χ0) is 48.0. The van der Waals surface area contributed by atoms with Crippen molar-refractivity contribution < 1.29 is 39.8 Å². The van der Waals surface area contributed by atoms with E-state index in [1.165, 1.54) is 218 Å². The summed E-state index contributed by atoms with van der Waals surface area (Å²) in [7, 11) is 0. The Labute approximate surface area is 407 Å². The number of hydrogen-bond acceptors (Lipinski definition) is 8. The molecule has 6 N–H and O–H groups in total. The molecule has 0 aromatic heterocycles. The van der Waals surface area contributed by atoms with Gasteiger partial charge in [-0.2, -0.15) is 0 Å². The highest BCUT2D eigenvalue weighted by atomic mass is 16.7. The Balaban J connectivity index is 2.24. The quantitative estimate of drug-likeness (QED) is 0.0261. The maximum absolute atomic E-state index is 13.0. The highest BCUT2D eigenvalue weighted by Crippen LogP contribution is 2.23. The summed E-state index contributed by atoms with van der Waals surface area (Å²) in [6, 6.07) is -0.806. The molecule has 1 rings (SSSR count). The van der Waals surface area contributed by atoms with Gasteiger partial charge in [0.15, 0.2) is 6.29 Å². The van der Waals surface area contributed by atoms with Gasteiger partial charge in [-0.25, -0.2) is 0 Å². The molecule has 0 aromatic rings. The van der Waals surface area contributed by atoms with E-state index in [1.807, 2.05) is 6.08 Å². The van der Waals surface area contributed by atoms with Crippen LogP contribution >= 0.6 is 0 Å². The second-order valence-corrected chi connectivity index (χ2v) is 20.1. The highest BCUT2D eigenvalue weighted by Gasteiger charge is 2.44. The van der Waals surface area contributed by atoms with Gasteiger partial charge in [0, 0.05) is 6.42 Å². The number of allylic oxidation sites excluding steroid dienone is 3. The van der Waals surface area contributed by atoms with E-state index >= 15 is 0 Å². The minimum absolute atomic E-state index is 0.177. The molecule has 66 heavy (non-hydrogen) atoms. The van der Waals surface area contributed by atoms with Crippen molar-refractivity contribution in [3.05, 3.63) is 24.3 Å². The fourth-order valence-electron chi connectivity index (χ4n) is 9.21. The maximum atomic E-state index is 13.0. The summed E-state index contributed by atoms with van der Waals surface area (Å²) < 4.78 is 11.3. The Kier molecular flexibility index (Phi) is 45.0. The Morgan fingerprint density at radius 1 is 0.500 bits per heavy atom. The topological polar surface area (TPSA) is 149 Å². The lowest BCUT2D eigenvalue weighted by atomic mass is 9.99. The second kappa shape index (κ2) is 47.4. The average Bonchev–Trinajstić information content (AvgIpc) is 3.32. The van der Waals surface area contributed by atoms with Crippen molar-refractivity contribution in [2.45, 2.75) is 320 Å². The van der Waals surface area contributed by atoms with Crippen LogP contribution in [0.3, 0.4) is 0 Å². The molecule has 0 spiro atoms. The summed E-state index contributed by atoms with van der Waals surface area (Å²) in [5.74, 6) is -0.177. The van der Waals surface area contributed by atoms with E-state index in [0.29, 0.717) is 6.42 Å². The first-order valence-electron chi connectivity index (χ1n) is 28.6. The van der Waals surface area contributed by atoms with Crippen LogP contribution in [0.1, 0.15) is 277 Å². The van der Waals surface area contributed by atoms with Gasteiger partial charge in [-0.15, -0.1) is 0 Å². The van der Waals surface area contributed by atoms with Crippen LogP contribution in [-0.2, 0) is 14.3 Å². The number of hydrogen-bond donors (Lipinski definition) is 6. The third-order valence-corrected chi connectivity index (χ3v) is 13.8. The molecular weight excluding hydrogens is 827 g/mol. The number of ether oxygens (including phenoxy) is 2. The number of aliphatic hydroxyl groups excluding tert-OH is 5. The number of unbranched alkanes of at least 4 members (excludes halogenated alkanes) is 37. The van der Waals surface area contributed by atoms with E-state index < -0.39 is 49.5 Å². The smallest absolute Gasteiger partial charge is 0.220 e. The Morgan fingerprint density at radius 3 is 1.23 bits per heavy atom. The first-order chi connectivity index (χ1) is 32.3. The fourth-order valence-corrected chi connectivity index (χ4v) is 9.21. The molecule has 0 radical (unpaired) electrons. The predicted octanol–water partition coefficient (Wildman–Crippen LogP) is 13.8. The molecule has 7 unspecified atom stereocenters. The number of amides is 1. The van der Waals surface area contributed by atoms with Crippen molar-refractivity contribution in [1.29, 1.82) is 0 Å². The van der Waals surface area contributed by atoms with Crippen LogP contribution in [0.15, 0.2) is 24.3 Å². The van der Waals surface area contributed by atoms with Crippen molar-refractivity contribution in [3.8, 4) is 0 Å². The molecule has 390 valence electrons. The summed E-state index contributed by atoms with van der Waals surface area (Å²) in [6.45, 7) is 3.81. The average molecular weight is 936 g/mol. The molecule has 0 aliphatic carbocycles. The van der Waals surface area contributed by atoms with Crippen LogP contribution in [0, 0.1) is 0 Å². The van der Waals surface area contributed by atoms with Crippen LogP contribution in [0.25, 0.3) is 0 Å². The van der Waals surface area contributed by atoms with Crippen LogP contribution in [-0.4, -0.2) is 87.5 Å². The summed E-state index contributed by atoms with van der Waals surface area (Å²) in [4.78, 5) is 13.0. The SMILES string of the molecule is CCCCCCCCCCCCC/C=C\CCCCCCCCCC(=O)NC(COC1OC(CO)C(O)C(O)C1O)C(O)/C=C/CCCCCCCCCCCCCCCCCCCCC. The zero-order valence-corrected chi connectivity index (χ0v) is 43.2. The number of aliphatic hydroxyl groups is 5. The van der Waals surface area contributed by atoms with Gasteiger partial charge in [-0.3, -0.25) is 4.79 Å². The lowest BCUT2D eigenvalue weighted by Crippen LogP contribution is -2.60. The Morgan fingerprint density at radius 2 is 0.848 bits per heavy atom. The molecule has 7 atom stereocenters. The van der Waals surface area contributed by atoms with E-state index in [-0.39, 0.29) is 12.5 Å². The normalized spacial score (nSPS) is 19.9. The van der Waals surface area contributed by atoms with Crippen molar-refractivity contribution in [2.24, 2.45) is 0 Å². The van der Waals surface area contributed by atoms with Crippen LogP contribution in [0.5, 0.6) is 0 Å². The van der Waals surface area contributed by atoms with Gasteiger partial charge >= 0.3 is 0 Å². The molecule has 1 aliphatic rings. The van der Waals surface area contributed by atoms with Gasteiger partial charge < -0.3 is 40.3 Å². The standard InChI is InChI=1S/C57H109NO8/c1-3-5-7-9-11-13-15-17-19-21-23-25-27-29-31-33-35-37-39-41-43-45-47-53(61)58-50(49-65-57-56(64)55(63)54(62)52(48-59)66-57)51(60)46-44-42-40-38-36-34-32-30-28-26-24-22-20-18-16-14-12-10-8-6-4-2/h27,29,44,46,50-52,54-57,59-60,62-64H,3-26,28,30-43,45,47-49H2,1-2H3,(H,58,61)/b29-27-,46-44+. The minimum Gasteiger partial charge on any atom is -0.394 e. The van der Waals surface area contributed by atoms with E-state index in [2.05, 4.69) is 31.3 Å². The lowest BCUT2D eigenvalue weighted by molar-refractivity contribution is -0.302. The molecule has 1 fully saturated rings. The first kappa shape index (κ1) is 62.7. The molecular formula is C57H109NO8. The van der Waals surface area contributed by atoms with Gasteiger partial charge in [-0.05, 0) is 44.9 Å². The van der Waals surface area contributed by atoms with Gasteiger partial charge in [0.2, 0.25) is 5.91 Å². The Hall–Kier alpha value is -1.33. The summed E-state index contributed by atoms with van der Waals surface area (Å²) in [5, 5.41) is 54.5. The van der Waals surface area contributed by atoms with Crippen molar-refractivity contribution >= 4 is 5.91 Å². The zero-order valence-electron chi connectivity index (χ0n) is 43.2. The van der Waals surface area contributed by atoms with Crippen LogP contribution < -0.4 is 5.32 Å². The van der Waals surface area contributed by atoms with Gasteiger partial charge in [0.25, 0.3) is 0 Å². The van der Waals surface area contributed by atoms with Gasteiger partial charge in [-0.1, -0.05) is 250 Å². The fraction of sp³-hybridized carbons (Fsp3) is 0.912. The molecule has 1 saturated heterocycles.